The molecule has 1 aromatic carbocycles. The fourth-order valence-electron chi connectivity index (χ4n) is 3.15. The number of likely N-dealkylation sites (tertiary alicyclic amines) is 1. The number of carbonyl (C=O) groups excluding carboxylic acids is 1. The Bertz CT molecular complexity index is 587. The first-order valence-corrected chi connectivity index (χ1v) is 8.84. The number of ether oxygens (including phenoxy) is 2. The first-order chi connectivity index (χ1) is 12.2. The first kappa shape index (κ1) is 22.5. The van der Waals surface area contributed by atoms with Gasteiger partial charge < -0.3 is 19.7 Å². The number of aryl methyl sites for hydroxylation is 1. The minimum atomic E-state index is -0.0964. The smallest absolute Gasteiger partial charge is 0.308 e. The largest absolute Gasteiger partial charge is 0.497 e. The van der Waals surface area contributed by atoms with E-state index in [4.69, 9.17) is 9.47 Å². The number of hydrogen-bond donors (Lipinski definition) is 1. The molecule has 0 spiro atoms. The van der Waals surface area contributed by atoms with Crippen molar-refractivity contribution < 1.29 is 14.3 Å². The number of nitrogens with one attached hydrogen (secondary N) is 1. The Kier molecular flexibility index (Phi) is 10.4. The zero-order valence-electron chi connectivity index (χ0n) is 15.9. The van der Waals surface area contributed by atoms with E-state index >= 15 is 0 Å². The molecule has 26 heavy (non-hydrogen) atoms. The fraction of sp³-hybridized carbons (Fsp3) is 0.579. The van der Waals surface area contributed by atoms with Crippen LogP contribution in [-0.2, 0) is 16.0 Å². The number of nitrogens with zero attached hydrogens (tertiary/aromatic N) is 2. The van der Waals surface area contributed by atoms with Gasteiger partial charge in [0.25, 0.3) is 0 Å². The Morgan fingerprint density at radius 1 is 1.31 bits per heavy atom. The van der Waals surface area contributed by atoms with Crippen molar-refractivity contribution in [2.75, 3.05) is 40.9 Å². The predicted molar refractivity (Wildman–Crippen MR) is 114 cm³/mol. The van der Waals surface area contributed by atoms with Gasteiger partial charge in [-0.2, -0.15) is 0 Å². The standard InChI is InChI=1S/C19H29N3O3.HI/c1-20-19(22-12-9-16(10-13-22)18(23)25-3)21-11-5-7-15-6-4-8-17(14-15)24-2;/h4,6,8,14,16H,5,7,9-13H2,1-3H3,(H,20,21);1H. The molecular weight excluding hydrogens is 445 g/mol. The Labute approximate surface area is 173 Å². The summed E-state index contributed by atoms with van der Waals surface area (Å²) in [4.78, 5) is 18.2. The van der Waals surface area contributed by atoms with E-state index < -0.39 is 0 Å². The maximum absolute atomic E-state index is 11.6. The van der Waals surface area contributed by atoms with Crippen LogP contribution in [-0.4, -0.2) is 57.7 Å². The molecule has 1 saturated heterocycles. The molecule has 1 aliphatic heterocycles. The number of hydrogen-bond acceptors (Lipinski definition) is 4. The van der Waals surface area contributed by atoms with Crippen LogP contribution < -0.4 is 10.1 Å². The van der Waals surface area contributed by atoms with Crippen LogP contribution in [0.5, 0.6) is 5.75 Å². The highest BCUT2D eigenvalue weighted by Crippen LogP contribution is 2.18. The fourth-order valence-corrected chi connectivity index (χ4v) is 3.15. The van der Waals surface area contributed by atoms with Crippen molar-refractivity contribution in [3.8, 4) is 5.75 Å². The molecule has 1 N–H and O–H groups in total. The molecule has 1 aliphatic rings. The number of methoxy groups -OCH3 is 2. The number of halogens is 1. The van der Waals surface area contributed by atoms with Crippen LogP contribution in [0, 0.1) is 5.92 Å². The Balaban J connectivity index is 0.00000338. The van der Waals surface area contributed by atoms with E-state index in [2.05, 4.69) is 27.3 Å². The first-order valence-electron chi connectivity index (χ1n) is 8.84. The number of esters is 1. The normalized spacial score (nSPS) is 15.2. The lowest BCUT2D eigenvalue weighted by Crippen LogP contribution is -2.46. The van der Waals surface area contributed by atoms with Gasteiger partial charge in [-0.05, 0) is 43.4 Å². The summed E-state index contributed by atoms with van der Waals surface area (Å²) in [6.07, 6.45) is 3.64. The van der Waals surface area contributed by atoms with Crippen molar-refractivity contribution in [2.24, 2.45) is 10.9 Å². The van der Waals surface area contributed by atoms with E-state index in [1.165, 1.54) is 12.7 Å². The Morgan fingerprint density at radius 3 is 2.65 bits per heavy atom. The van der Waals surface area contributed by atoms with Crippen LogP contribution >= 0.6 is 24.0 Å². The van der Waals surface area contributed by atoms with E-state index in [1.807, 2.05) is 12.1 Å². The van der Waals surface area contributed by atoms with Crippen LogP contribution in [0.15, 0.2) is 29.3 Å². The van der Waals surface area contributed by atoms with Crippen molar-refractivity contribution in [2.45, 2.75) is 25.7 Å². The van der Waals surface area contributed by atoms with Crippen molar-refractivity contribution >= 4 is 35.9 Å². The van der Waals surface area contributed by atoms with E-state index in [1.54, 1.807) is 14.2 Å². The van der Waals surface area contributed by atoms with Gasteiger partial charge in [-0.25, -0.2) is 0 Å². The third kappa shape index (κ3) is 6.66. The summed E-state index contributed by atoms with van der Waals surface area (Å²) < 4.78 is 10.1. The number of benzene rings is 1. The molecule has 1 aromatic rings. The lowest BCUT2D eigenvalue weighted by molar-refractivity contribution is -0.146. The van der Waals surface area contributed by atoms with Gasteiger partial charge in [0.15, 0.2) is 5.96 Å². The summed E-state index contributed by atoms with van der Waals surface area (Å²) in [5, 5.41) is 3.42. The van der Waals surface area contributed by atoms with E-state index in [0.717, 1.165) is 57.0 Å². The van der Waals surface area contributed by atoms with Gasteiger partial charge in [0.05, 0.1) is 20.1 Å². The topological polar surface area (TPSA) is 63.2 Å². The zero-order chi connectivity index (χ0) is 18.1. The highest BCUT2D eigenvalue weighted by Gasteiger charge is 2.26. The predicted octanol–water partition coefficient (Wildman–Crippen LogP) is 2.71. The highest BCUT2D eigenvalue weighted by molar-refractivity contribution is 14.0. The molecule has 1 fully saturated rings. The number of aliphatic imine (C=N–C) groups is 1. The van der Waals surface area contributed by atoms with Crippen LogP contribution in [0.3, 0.4) is 0 Å². The second-order valence-electron chi connectivity index (χ2n) is 6.21. The molecule has 2 rings (SSSR count). The second-order valence-corrected chi connectivity index (χ2v) is 6.21. The van der Waals surface area contributed by atoms with Gasteiger partial charge in [-0.3, -0.25) is 9.79 Å². The molecule has 0 aliphatic carbocycles. The third-order valence-corrected chi connectivity index (χ3v) is 4.60. The molecule has 6 nitrogen and oxygen atoms in total. The highest BCUT2D eigenvalue weighted by atomic mass is 127. The SMILES string of the molecule is CN=C(NCCCc1cccc(OC)c1)N1CCC(C(=O)OC)CC1.I. The molecule has 0 aromatic heterocycles. The van der Waals surface area contributed by atoms with Gasteiger partial charge in [0.2, 0.25) is 0 Å². The molecule has 146 valence electrons. The molecule has 1 heterocycles. The van der Waals surface area contributed by atoms with Crippen LogP contribution in [0.2, 0.25) is 0 Å². The quantitative estimate of drug-likeness (QED) is 0.226. The number of carbonyl (C=O) groups is 1. The molecular formula is C19H30IN3O3. The summed E-state index contributed by atoms with van der Waals surface area (Å²) in [6.45, 7) is 2.52. The van der Waals surface area contributed by atoms with Crippen molar-refractivity contribution in [3.63, 3.8) is 0 Å². The monoisotopic (exact) mass is 475 g/mol. The molecule has 0 radical (unpaired) electrons. The van der Waals surface area contributed by atoms with Crippen molar-refractivity contribution in [3.05, 3.63) is 29.8 Å². The van der Waals surface area contributed by atoms with Crippen molar-refractivity contribution in [1.82, 2.24) is 10.2 Å². The van der Waals surface area contributed by atoms with Gasteiger partial charge in [-0.15, -0.1) is 24.0 Å². The van der Waals surface area contributed by atoms with E-state index in [9.17, 15) is 4.79 Å². The average Bonchev–Trinajstić information content (AvgIpc) is 2.68. The average molecular weight is 475 g/mol. The summed E-state index contributed by atoms with van der Waals surface area (Å²) in [7, 11) is 4.95. The maximum Gasteiger partial charge on any atom is 0.308 e. The lowest BCUT2D eigenvalue weighted by atomic mass is 9.97. The third-order valence-electron chi connectivity index (χ3n) is 4.60. The number of guanidine groups is 1. The second kappa shape index (κ2) is 12.0. The minimum absolute atomic E-state index is 0. The summed E-state index contributed by atoms with van der Waals surface area (Å²) in [6, 6.07) is 8.18. The number of piperidine rings is 1. The van der Waals surface area contributed by atoms with Crippen LogP contribution in [0.1, 0.15) is 24.8 Å². The molecule has 0 amide bonds. The van der Waals surface area contributed by atoms with E-state index in [0.29, 0.717) is 0 Å². The Hall–Kier alpha value is -1.51. The maximum atomic E-state index is 11.6. The van der Waals surface area contributed by atoms with Crippen LogP contribution in [0.25, 0.3) is 0 Å². The van der Waals surface area contributed by atoms with Gasteiger partial charge in [-0.1, -0.05) is 12.1 Å². The van der Waals surface area contributed by atoms with Crippen molar-refractivity contribution in [1.29, 1.82) is 0 Å². The molecule has 0 atom stereocenters. The van der Waals surface area contributed by atoms with Gasteiger partial charge >= 0.3 is 5.97 Å². The summed E-state index contributed by atoms with van der Waals surface area (Å²) >= 11 is 0. The Morgan fingerprint density at radius 2 is 2.04 bits per heavy atom. The lowest BCUT2D eigenvalue weighted by Gasteiger charge is -2.33. The summed E-state index contributed by atoms with van der Waals surface area (Å²) in [5.41, 5.74) is 1.27. The molecule has 0 unspecified atom stereocenters. The number of rotatable bonds is 6. The molecule has 0 saturated carbocycles. The minimum Gasteiger partial charge on any atom is -0.497 e. The van der Waals surface area contributed by atoms with Gasteiger partial charge in [0, 0.05) is 26.7 Å². The molecule has 7 heteroatoms. The molecule has 0 bridgehead atoms. The van der Waals surface area contributed by atoms with Gasteiger partial charge in [0.1, 0.15) is 5.75 Å². The van der Waals surface area contributed by atoms with Crippen LogP contribution in [0.4, 0.5) is 0 Å². The summed E-state index contributed by atoms with van der Waals surface area (Å²) in [5.74, 6) is 1.73. The zero-order valence-corrected chi connectivity index (χ0v) is 18.2. The van der Waals surface area contributed by atoms with E-state index in [-0.39, 0.29) is 35.9 Å².